The summed E-state index contributed by atoms with van der Waals surface area (Å²) < 4.78 is 41.5. The highest BCUT2D eigenvalue weighted by atomic mass is 19.4. The van der Waals surface area contributed by atoms with Gasteiger partial charge in [-0.15, -0.1) is 0 Å². The Hall–Kier alpha value is -1.82. The van der Waals surface area contributed by atoms with Crippen LogP contribution < -0.4 is 10.1 Å². The van der Waals surface area contributed by atoms with Gasteiger partial charge in [0.25, 0.3) is 0 Å². The standard InChI is InChI=1S/C13H13F3N2O/c1-17-7-10-6-9-4-2-3-5-11(9)12(18-10)19-8-13(14,15)16/h2-6,17H,7-8H2,1H3. The van der Waals surface area contributed by atoms with Crippen molar-refractivity contribution in [1.82, 2.24) is 10.3 Å². The number of rotatable bonds is 4. The Morgan fingerprint density at radius 3 is 2.68 bits per heavy atom. The minimum absolute atomic E-state index is 0.0145. The van der Waals surface area contributed by atoms with Crippen molar-refractivity contribution in [3.63, 3.8) is 0 Å². The molecule has 1 aromatic heterocycles. The summed E-state index contributed by atoms with van der Waals surface area (Å²) in [5, 5.41) is 4.29. The highest BCUT2D eigenvalue weighted by molar-refractivity contribution is 5.87. The molecule has 0 saturated carbocycles. The van der Waals surface area contributed by atoms with Gasteiger partial charge in [0, 0.05) is 11.9 Å². The van der Waals surface area contributed by atoms with E-state index in [-0.39, 0.29) is 5.88 Å². The Kier molecular flexibility index (Phi) is 3.90. The lowest BCUT2D eigenvalue weighted by molar-refractivity contribution is -0.153. The SMILES string of the molecule is CNCc1cc2ccccc2c(OCC(F)(F)F)n1. The first-order valence-corrected chi connectivity index (χ1v) is 5.72. The first-order valence-electron chi connectivity index (χ1n) is 5.72. The normalized spacial score (nSPS) is 11.8. The van der Waals surface area contributed by atoms with Crippen LogP contribution in [0.5, 0.6) is 5.88 Å². The van der Waals surface area contributed by atoms with Gasteiger partial charge in [-0.05, 0) is 24.6 Å². The summed E-state index contributed by atoms with van der Waals surface area (Å²) in [5.74, 6) is 0.0145. The first-order chi connectivity index (χ1) is 8.99. The number of fused-ring (bicyclic) bond motifs is 1. The Balaban J connectivity index is 2.38. The molecular weight excluding hydrogens is 257 g/mol. The number of alkyl halides is 3. The molecule has 2 rings (SSSR count). The summed E-state index contributed by atoms with van der Waals surface area (Å²) in [4.78, 5) is 4.11. The van der Waals surface area contributed by atoms with Crippen molar-refractivity contribution in [2.45, 2.75) is 12.7 Å². The van der Waals surface area contributed by atoms with E-state index in [0.717, 1.165) is 5.39 Å². The van der Waals surface area contributed by atoms with Crippen LogP contribution in [0.15, 0.2) is 30.3 Å². The van der Waals surface area contributed by atoms with Gasteiger partial charge in [-0.2, -0.15) is 13.2 Å². The minimum atomic E-state index is -4.37. The third kappa shape index (κ3) is 3.57. The molecule has 0 saturated heterocycles. The van der Waals surface area contributed by atoms with E-state index in [0.29, 0.717) is 17.6 Å². The minimum Gasteiger partial charge on any atom is -0.468 e. The zero-order valence-corrected chi connectivity index (χ0v) is 10.3. The van der Waals surface area contributed by atoms with Crippen molar-refractivity contribution in [1.29, 1.82) is 0 Å². The van der Waals surface area contributed by atoms with Gasteiger partial charge in [-0.1, -0.05) is 18.2 Å². The summed E-state index contributed by atoms with van der Waals surface area (Å²) in [6.07, 6.45) is -4.37. The molecule has 0 unspecified atom stereocenters. The number of benzene rings is 1. The quantitative estimate of drug-likeness (QED) is 0.927. The lowest BCUT2D eigenvalue weighted by atomic mass is 10.1. The molecule has 0 radical (unpaired) electrons. The topological polar surface area (TPSA) is 34.1 Å². The van der Waals surface area contributed by atoms with Gasteiger partial charge in [0.15, 0.2) is 6.61 Å². The first kappa shape index (κ1) is 13.6. The van der Waals surface area contributed by atoms with Crippen LogP contribution in [-0.2, 0) is 6.54 Å². The largest absolute Gasteiger partial charge is 0.468 e. The average molecular weight is 270 g/mol. The van der Waals surface area contributed by atoms with Crippen molar-refractivity contribution in [3.05, 3.63) is 36.0 Å². The Labute approximate surface area is 108 Å². The van der Waals surface area contributed by atoms with Crippen LogP contribution in [-0.4, -0.2) is 24.8 Å². The molecule has 0 amide bonds. The van der Waals surface area contributed by atoms with Crippen molar-refractivity contribution in [2.24, 2.45) is 0 Å². The maximum Gasteiger partial charge on any atom is 0.422 e. The molecule has 3 nitrogen and oxygen atoms in total. The average Bonchev–Trinajstić information content (AvgIpc) is 2.35. The zero-order chi connectivity index (χ0) is 13.9. The molecule has 0 aliphatic carbocycles. The molecular formula is C13H13F3N2O. The number of aromatic nitrogens is 1. The fourth-order valence-electron chi connectivity index (χ4n) is 1.75. The molecule has 6 heteroatoms. The van der Waals surface area contributed by atoms with Gasteiger partial charge in [-0.25, -0.2) is 4.98 Å². The molecule has 0 atom stereocenters. The van der Waals surface area contributed by atoms with E-state index in [1.165, 1.54) is 0 Å². The van der Waals surface area contributed by atoms with Crippen molar-refractivity contribution in [3.8, 4) is 5.88 Å². The van der Waals surface area contributed by atoms with Crippen LogP contribution in [0.25, 0.3) is 10.8 Å². The molecule has 102 valence electrons. The summed E-state index contributed by atoms with van der Waals surface area (Å²) in [5.41, 5.74) is 0.637. The van der Waals surface area contributed by atoms with Crippen molar-refractivity contribution >= 4 is 10.8 Å². The number of hydrogen-bond donors (Lipinski definition) is 1. The summed E-state index contributed by atoms with van der Waals surface area (Å²) in [6.45, 7) is -0.875. The van der Waals surface area contributed by atoms with Crippen LogP contribution in [0.1, 0.15) is 5.69 Å². The lowest BCUT2D eigenvalue weighted by Gasteiger charge is -2.12. The maximum atomic E-state index is 12.2. The van der Waals surface area contributed by atoms with E-state index in [1.54, 1.807) is 19.2 Å². The van der Waals surface area contributed by atoms with E-state index in [1.807, 2.05) is 18.2 Å². The third-order valence-electron chi connectivity index (χ3n) is 2.49. The lowest BCUT2D eigenvalue weighted by Crippen LogP contribution is -2.20. The van der Waals surface area contributed by atoms with Crippen LogP contribution in [0, 0.1) is 0 Å². The van der Waals surface area contributed by atoms with E-state index in [4.69, 9.17) is 4.74 Å². The fourth-order valence-corrected chi connectivity index (χ4v) is 1.75. The van der Waals surface area contributed by atoms with Crippen LogP contribution in [0.3, 0.4) is 0 Å². The predicted molar refractivity (Wildman–Crippen MR) is 66.1 cm³/mol. The number of nitrogens with zero attached hydrogens (tertiary/aromatic N) is 1. The molecule has 0 aliphatic rings. The Bertz CT molecular complexity index is 569. The monoisotopic (exact) mass is 270 g/mol. The molecule has 1 N–H and O–H groups in total. The second-order valence-electron chi connectivity index (χ2n) is 4.07. The number of pyridine rings is 1. The van der Waals surface area contributed by atoms with Gasteiger partial charge in [0.05, 0.1) is 5.69 Å². The van der Waals surface area contributed by atoms with Gasteiger partial charge in [0.2, 0.25) is 5.88 Å². The van der Waals surface area contributed by atoms with E-state index < -0.39 is 12.8 Å². The third-order valence-corrected chi connectivity index (χ3v) is 2.49. The van der Waals surface area contributed by atoms with E-state index in [2.05, 4.69) is 10.3 Å². The molecule has 0 aliphatic heterocycles. The second-order valence-corrected chi connectivity index (χ2v) is 4.07. The molecule has 19 heavy (non-hydrogen) atoms. The number of nitrogens with one attached hydrogen (secondary N) is 1. The van der Waals surface area contributed by atoms with Crippen molar-refractivity contribution < 1.29 is 17.9 Å². The Morgan fingerprint density at radius 2 is 2.00 bits per heavy atom. The summed E-state index contributed by atoms with van der Waals surface area (Å²) in [6, 6.07) is 8.89. The van der Waals surface area contributed by atoms with E-state index >= 15 is 0 Å². The highest BCUT2D eigenvalue weighted by Gasteiger charge is 2.29. The fraction of sp³-hybridized carbons (Fsp3) is 0.308. The van der Waals surface area contributed by atoms with Crippen LogP contribution in [0.2, 0.25) is 0 Å². The number of ether oxygens (including phenoxy) is 1. The van der Waals surface area contributed by atoms with Crippen molar-refractivity contribution in [2.75, 3.05) is 13.7 Å². The van der Waals surface area contributed by atoms with Crippen LogP contribution in [0.4, 0.5) is 13.2 Å². The van der Waals surface area contributed by atoms with Gasteiger partial charge in [0.1, 0.15) is 0 Å². The number of hydrogen-bond acceptors (Lipinski definition) is 3. The maximum absolute atomic E-state index is 12.2. The summed E-state index contributed by atoms with van der Waals surface area (Å²) >= 11 is 0. The van der Waals surface area contributed by atoms with Gasteiger partial charge in [-0.3, -0.25) is 0 Å². The number of halogens is 3. The van der Waals surface area contributed by atoms with E-state index in [9.17, 15) is 13.2 Å². The smallest absolute Gasteiger partial charge is 0.422 e. The van der Waals surface area contributed by atoms with Gasteiger partial charge < -0.3 is 10.1 Å². The molecule has 0 fully saturated rings. The summed E-state index contributed by atoms with van der Waals surface area (Å²) in [7, 11) is 1.74. The molecule has 2 aromatic rings. The zero-order valence-electron chi connectivity index (χ0n) is 10.3. The predicted octanol–water partition coefficient (Wildman–Crippen LogP) is 2.90. The molecule has 0 spiro atoms. The molecule has 1 aromatic carbocycles. The molecule has 0 bridgehead atoms. The Morgan fingerprint density at radius 1 is 1.26 bits per heavy atom. The highest BCUT2D eigenvalue weighted by Crippen LogP contribution is 2.26. The molecule has 1 heterocycles. The van der Waals surface area contributed by atoms with Gasteiger partial charge >= 0.3 is 6.18 Å². The second kappa shape index (κ2) is 5.44. The van der Waals surface area contributed by atoms with Crippen LogP contribution >= 0.6 is 0 Å².